The summed E-state index contributed by atoms with van der Waals surface area (Å²) in [6.45, 7) is 23.3. The fourth-order valence-electron chi connectivity index (χ4n) is 11.1. The lowest BCUT2D eigenvalue weighted by atomic mass is 9.46. The first-order valence-corrected chi connectivity index (χ1v) is 18.1. The fraction of sp³-hybridized carbons (Fsp3) is 0.619. The average Bonchev–Trinajstić information content (AvgIpc) is 3.00. The second-order valence-corrected chi connectivity index (χ2v) is 17.1. The SMILES string of the molecule is C=C1CCCC2C1(C)CCC(C)C2(C)CC1=CC(=O)C(Nc2ccc(CC3(C)C(C)CCC4(C)C(=C)CCCC43)c(O)c2)=CC1=O. The standard InChI is InChI=1S/C42H57NO3/c1-26-11-9-13-37-39(26,5)19-17-28(3)41(37,7)24-30-15-16-32(22-34(30)44)43-33-23-35(45)31(21-36(33)46)25-42(8)29(4)18-20-40(6)27(2)12-10-14-38(40)42/h15-16,21-23,28-29,37-38,43-44H,1-2,9-14,17-20,24-25H2,3-8H3. The number of aromatic hydroxyl groups is 1. The van der Waals surface area contributed by atoms with Gasteiger partial charge in [-0.1, -0.05) is 71.9 Å². The van der Waals surface area contributed by atoms with Crippen LogP contribution in [0, 0.1) is 45.3 Å². The van der Waals surface area contributed by atoms with Crippen LogP contribution in [0.15, 0.2) is 65.9 Å². The topological polar surface area (TPSA) is 66.4 Å². The van der Waals surface area contributed by atoms with Gasteiger partial charge in [0.15, 0.2) is 5.78 Å². The van der Waals surface area contributed by atoms with E-state index in [1.54, 1.807) is 12.1 Å². The molecule has 248 valence electrons. The number of carbonyl (C=O) groups is 2. The summed E-state index contributed by atoms with van der Waals surface area (Å²) in [5.41, 5.74) is 5.49. The predicted octanol–water partition coefficient (Wildman–Crippen LogP) is 10.3. The Kier molecular flexibility index (Phi) is 8.38. The molecule has 46 heavy (non-hydrogen) atoms. The Labute approximate surface area is 277 Å². The van der Waals surface area contributed by atoms with Crippen molar-refractivity contribution in [1.29, 1.82) is 0 Å². The van der Waals surface area contributed by atoms with Crippen LogP contribution in [0.2, 0.25) is 0 Å². The highest BCUT2D eigenvalue weighted by molar-refractivity contribution is 6.21. The molecular formula is C42H57NO3. The third kappa shape index (κ3) is 5.27. The van der Waals surface area contributed by atoms with Gasteiger partial charge in [0.05, 0.1) is 5.70 Å². The number of phenols is 1. The maximum Gasteiger partial charge on any atom is 0.202 e. The quantitative estimate of drug-likeness (QED) is 0.244. The summed E-state index contributed by atoms with van der Waals surface area (Å²) < 4.78 is 0. The first-order chi connectivity index (χ1) is 21.6. The van der Waals surface area contributed by atoms with Crippen LogP contribution in [0.25, 0.3) is 0 Å². The molecule has 0 heterocycles. The number of nitrogens with one attached hydrogen (secondary N) is 1. The van der Waals surface area contributed by atoms with Gasteiger partial charge in [0.1, 0.15) is 5.75 Å². The number of anilines is 1. The maximum absolute atomic E-state index is 13.5. The van der Waals surface area contributed by atoms with Crippen LogP contribution in [-0.2, 0) is 16.0 Å². The number of hydrogen-bond acceptors (Lipinski definition) is 4. The molecule has 0 aliphatic heterocycles. The van der Waals surface area contributed by atoms with Gasteiger partial charge in [-0.15, -0.1) is 0 Å². The average molecular weight is 624 g/mol. The van der Waals surface area contributed by atoms with E-state index in [1.165, 1.54) is 42.9 Å². The van der Waals surface area contributed by atoms with E-state index in [4.69, 9.17) is 0 Å². The lowest BCUT2D eigenvalue weighted by Gasteiger charge is -2.59. The van der Waals surface area contributed by atoms with Crippen molar-refractivity contribution in [3.63, 3.8) is 0 Å². The summed E-state index contributed by atoms with van der Waals surface area (Å²) >= 11 is 0. The normalized spacial score (nSPS) is 39.7. The van der Waals surface area contributed by atoms with Crippen molar-refractivity contribution in [3.8, 4) is 5.75 Å². The van der Waals surface area contributed by atoms with Crippen LogP contribution < -0.4 is 5.32 Å². The van der Waals surface area contributed by atoms with Crippen LogP contribution in [0.3, 0.4) is 0 Å². The summed E-state index contributed by atoms with van der Waals surface area (Å²) in [5.74, 6) is 2.00. The molecule has 1 aromatic rings. The molecule has 4 nitrogen and oxygen atoms in total. The molecule has 0 bridgehead atoms. The molecular weight excluding hydrogens is 566 g/mol. The number of carbonyl (C=O) groups excluding carboxylic acids is 2. The molecule has 4 fully saturated rings. The summed E-state index contributed by atoms with van der Waals surface area (Å²) in [4.78, 5) is 27.0. The monoisotopic (exact) mass is 623 g/mol. The molecule has 0 saturated heterocycles. The van der Waals surface area contributed by atoms with Gasteiger partial charge in [0, 0.05) is 23.4 Å². The highest BCUT2D eigenvalue weighted by atomic mass is 16.3. The molecule has 1 aromatic carbocycles. The van der Waals surface area contributed by atoms with Crippen molar-refractivity contribution >= 4 is 17.3 Å². The number of benzene rings is 1. The molecule has 0 spiro atoms. The number of fused-ring (bicyclic) bond motifs is 2. The smallest absolute Gasteiger partial charge is 0.202 e. The van der Waals surface area contributed by atoms with Gasteiger partial charge < -0.3 is 10.4 Å². The zero-order valence-electron chi connectivity index (χ0n) is 29.4. The third-order valence-corrected chi connectivity index (χ3v) is 14.8. The second-order valence-electron chi connectivity index (χ2n) is 17.1. The molecule has 0 radical (unpaired) electrons. The molecule has 5 aliphatic rings. The van der Waals surface area contributed by atoms with Crippen molar-refractivity contribution in [1.82, 2.24) is 0 Å². The zero-order chi connectivity index (χ0) is 33.2. The Hall–Kier alpha value is -2.88. The third-order valence-electron chi connectivity index (χ3n) is 14.8. The lowest BCUT2D eigenvalue weighted by Crippen LogP contribution is -2.51. The number of rotatable bonds is 6. The van der Waals surface area contributed by atoms with E-state index in [0.717, 1.165) is 50.5 Å². The summed E-state index contributed by atoms with van der Waals surface area (Å²) in [6.07, 6.45) is 16.1. The molecule has 2 N–H and O–H groups in total. The van der Waals surface area contributed by atoms with Crippen LogP contribution in [0.4, 0.5) is 5.69 Å². The molecule has 4 heteroatoms. The Morgan fingerprint density at radius 2 is 1.33 bits per heavy atom. The van der Waals surface area contributed by atoms with Gasteiger partial charge in [-0.2, -0.15) is 0 Å². The molecule has 5 aliphatic carbocycles. The van der Waals surface area contributed by atoms with Crippen molar-refractivity contribution in [3.05, 3.63) is 71.5 Å². The van der Waals surface area contributed by atoms with Crippen molar-refractivity contribution < 1.29 is 14.7 Å². The molecule has 0 aromatic heterocycles. The van der Waals surface area contributed by atoms with Crippen molar-refractivity contribution in [2.24, 2.45) is 45.3 Å². The number of allylic oxidation sites excluding steroid dienone is 5. The van der Waals surface area contributed by atoms with Crippen LogP contribution in [0.1, 0.15) is 118 Å². The Bertz CT molecular complexity index is 1530. The van der Waals surface area contributed by atoms with E-state index < -0.39 is 0 Å². The fourth-order valence-corrected chi connectivity index (χ4v) is 11.1. The molecule has 4 saturated carbocycles. The number of phenolic OH excluding ortho intramolecular Hbond substituents is 1. The van der Waals surface area contributed by atoms with Crippen molar-refractivity contribution in [2.45, 2.75) is 119 Å². The van der Waals surface area contributed by atoms with E-state index in [9.17, 15) is 14.7 Å². The van der Waals surface area contributed by atoms with Gasteiger partial charge >= 0.3 is 0 Å². The minimum absolute atomic E-state index is 0.0622. The number of hydrogen-bond donors (Lipinski definition) is 2. The largest absolute Gasteiger partial charge is 0.508 e. The van der Waals surface area contributed by atoms with E-state index in [0.29, 0.717) is 41.4 Å². The van der Waals surface area contributed by atoms with Gasteiger partial charge in [-0.3, -0.25) is 9.59 Å². The minimum Gasteiger partial charge on any atom is -0.508 e. The molecule has 0 amide bonds. The molecule has 8 unspecified atom stereocenters. The minimum atomic E-state index is -0.179. The lowest BCUT2D eigenvalue weighted by molar-refractivity contribution is -0.116. The van der Waals surface area contributed by atoms with Crippen LogP contribution in [-0.4, -0.2) is 16.7 Å². The highest BCUT2D eigenvalue weighted by Crippen LogP contribution is 2.64. The molecule has 8 atom stereocenters. The summed E-state index contributed by atoms with van der Waals surface area (Å²) in [6, 6.07) is 5.64. The van der Waals surface area contributed by atoms with Crippen molar-refractivity contribution in [2.75, 3.05) is 5.32 Å². The predicted molar refractivity (Wildman–Crippen MR) is 188 cm³/mol. The van der Waals surface area contributed by atoms with E-state index in [1.807, 2.05) is 12.1 Å². The Balaban J connectivity index is 1.17. The van der Waals surface area contributed by atoms with E-state index in [-0.39, 0.29) is 44.7 Å². The van der Waals surface area contributed by atoms with E-state index in [2.05, 4.69) is 60.0 Å². The Morgan fingerprint density at radius 1 is 0.783 bits per heavy atom. The van der Waals surface area contributed by atoms with Gasteiger partial charge in [0.25, 0.3) is 0 Å². The van der Waals surface area contributed by atoms with Gasteiger partial charge in [-0.05, 0) is 140 Å². The Morgan fingerprint density at radius 3 is 1.87 bits per heavy atom. The first-order valence-electron chi connectivity index (χ1n) is 18.1. The summed E-state index contributed by atoms with van der Waals surface area (Å²) in [5, 5.41) is 14.4. The summed E-state index contributed by atoms with van der Waals surface area (Å²) in [7, 11) is 0. The molecule has 6 rings (SSSR count). The van der Waals surface area contributed by atoms with Crippen LogP contribution in [0.5, 0.6) is 5.75 Å². The first kappa shape index (κ1) is 33.0. The van der Waals surface area contributed by atoms with Crippen LogP contribution >= 0.6 is 0 Å². The second kappa shape index (κ2) is 11.7. The van der Waals surface area contributed by atoms with Gasteiger partial charge in [-0.25, -0.2) is 0 Å². The van der Waals surface area contributed by atoms with Gasteiger partial charge in [0.2, 0.25) is 5.78 Å². The maximum atomic E-state index is 13.5. The zero-order valence-corrected chi connectivity index (χ0v) is 29.4. The highest BCUT2D eigenvalue weighted by Gasteiger charge is 2.55. The number of ketones is 2. The van der Waals surface area contributed by atoms with E-state index >= 15 is 0 Å².